The first-order chi connectivity index (χ1) is 9.29. The molecule has 0 unspecified atom stereocenters. The van der Waals surface area contributed by atoms with Crippen LogP contribution in [0.4, 0.5) is 0 Å². The van der Waals surface area contributed by atoms with E-state index in [1.807, 2.05) is 12.1 Å². The molecule has 2 aromatic carbocycles. The van der Waals surface area contributed by atoms with Gasteiger partial charge in [-0.15, -0.1) is 0 Å². The van der Waals surface area contributed by atoms with Crippen LogP contribution in [-0.2, 0) is 13.0 Å². The normalized spacial score (nSPS) is 10.4. The fourth-order valence-corrected chi connectivity index (χ4v) is 2.09. The van der Waals surface area contributed by atoms with Crippen molar-refractivity contribution < 1.29 is 4.74 Å². The van der Waals surface area contributed by atoms with Gasteiger partial charge in [0.1, 0.15) is 5.75 Å². The minimum atomic E-state index is 0.927. The van der Waals surface area contributed by atoms with Gasteiger partial charge in [0, 0.05) is 6.54 Å². The van der Waals surface area contributed by atoms with Crippen LogP contribution in [0, 0.1) is 6.92 Å². The summed E-state index contributed by atoms with van der Waals surface area (Å²) in [5, 5.41) is 3.49. The fourth-order valence-electron chi connectivity index (χ4n) is 2.09. The molecule has 0 spiro atoms. The third-order valence-electron chi connectivity index (χ3n) is 3.30. The summed E-state index contributed by atoms with van der Waals surface area (Å²) < 4.78 is 5.23. The van der Waals surface area contributed by atoms with Gasteiger partial charge < -0.3 is 10.1 Å². The minimum absolute atomic E-state index is 0.927. The third kappa shape index (κ3) is 4.11. The largest absolute Gasteiger partial charge is 0.497 e. The second-order valence-electron chi connectivity index (χ2n) is 4.70. The van der Waals surface area contributed by atoms with Crippen molar-refractivity contribution in [3.8, 4) is 5.75 Å². The molecule has 2 aromatic rings. The zero-order valence-electron chi connectivity index (χ0n) is 11.6. The topological polar surface area (TPSA) is 21.3 Å². The van der Waals surface area contributed by atoms with Crippen LogP contribution in [0.25, 0.3) is 0 Å². The Hall–Kier alpha value is -1.80. The second kappa shape index (κ2) is 6.95. The zero-order chi connectivity index (χ0) is 13.5. The molecule has 0 aliphatic carbocycles. The Morgan fingerprint density at radius 3 is 2.68 bits per heavy atom. The summed E-state index contributed by atoms with van der Waals surface area (Å²) in [5.74, 6) is 0.927. The van der Waals surface area contributed by atoms with Crippen LogP contribution in [0.3, 0.4) is 0 Å². The van der Waals surface area contributed by atoms with E-state index < -0.39 is 0 Å². The Balaban J connectivity index is 1.79. The Morgan fingerprint density at radius 1 is 1.05 bits per heavy atom. The summed E-state index contributed by atoms with van der Waals surface area (Å²) in [6.07, 6.45) is 1.02. The molecule has 0 fully saturated rings. The maximum absolute atomic E-state index is 5.23. The number of methoxy groups -OCH3 is 1. The van der Waals surface area contributed by atoms with Crippen LogP contribution in [0.2, 0.25) is 0 Å². The summed E-state index contributed by atoms with van der Waals surface area (Å²) in [6.45, 7) is 4.05. The van der Waals surface area contributed by atoms with Gasteiger partial charge in [-0.3, -0.25) is 0 Å². The molecule has 1 N–H and O–H groups in total. The molecule has 0 aromatic heterocycles. The lowest BCUT2D eigenvalue weighted by Gasteiger charge is -2.08. The van der Waals surface area contributed by atoms with E-state index in [9.17, 15) is 0 Å². The van der Waals surface area contributed by atoms with Crippen molar-refractivity contribution in [1.29, 1.82) is 0 Å². The predicted octanol–water partition coefficient (Wildman–Crippen LogP) is 3.34. The highest BCUT2D eigenvalue weighted by atomic mass is 16.5. The molecule has 2 rings (SSSR count). The van der Waals surface area contributed by atoms with Crippen molar-refractivity contribution in [1.82, 2.24) is 5.32 Å². The molecule has 100 valence electrons. The minimum Gasteiger partial charge on any atom is -0.497 e. The highest BCUT2D eigenvalue weighted by Crippen LogP contribution is 2.12. The van der Waals surface area contributed by atoms with Gasteiger partial charge >= 0.3 is 0 Å². The van der Waals surface area contributed by atoms with E-state index in [4.69, 9.17) is 4.74 Å². The molecule has 0 amide bonds. The predicted molar refractivity (Wildman–Crippen MR) is 79.6 cm³/mol. The number of hydrogen-bond donors (Lipinski definition) is 1. The van der Waals surface area contributed by atoms with E-state index in [1.54, 1.807) is 7.11 Å². The van der Waals surface area contributed by atoms with Crippen molar-refractivity contribution in [3.05, 3.63) is 65.2 Å². The lowest BCUT2D eigenvalue weighted by molar-refractivity contribution is 0.414. The highest BCUT2D eigenvalue weighted by molar-refractivity contribution is 5.28. The van der Waals surface area contributed by atoms with E-state index in [2.05, 4.69) is 48.6 Å². The van der Waals surface area contributed by atoms with Crippen molar-refractivity contribution in [3.63, 3.8) is 0 Å². The molecule has 0 saturated carbocycles. The smallest absolute Gasteiger partial charge is 0.119 e. The lowest BCUT2D eigenvalue weighted by atomic mass is 10.1. The van der Waals surface area contributed by atoms with Gasteiger partial charge in [-0.25, -0.2) is 0 Å². The van der Waals surface area contributed by atoms with Crippen LogP contribution < -0.4 is 10.1 Å². The van der Waals surface area contributed by atoms with Gasteiger partial charge in [-0.2, -0.15) is 0 Å². The van der Waals surface area contributed by atoms with Crippen LogP contribution in [0.1, 0.15) is 16.7 Å². The van der Waals surface area contributed by atoms with Crippen LogP contribution in [-0.4, -0.2) is 13.7 Å². The monoisotopic (exact) mass is 255 g/mol. The molecule has 0 aliphatic rings. The average molecular weight is 255 g/mol. The molecule has 0 atom stereocenters. The quantitative estimate of drug-likeness (QED) is 0.799. The lowest BCUT2D eigenvalue weighted by Crippen LogP contribution is -2.17. The van der Waals surface area contributed by atoms with Gasteiger partial charge in [0.25, 0.3) is 0 Å². The Morgan fingerprint density at radius 2 is 1.89 bits per heavy atom. The van der Waals surface area contributed by atoms with E-state index >= 15 is 0 Å². The molecule has 2 nitrogen and oxygen atoms in total. The van der Waals surface area contributed by atoms with Crippen LogP contribution in [0.5, 0.6) is 5.75 Å². The molecule has 2 heteroatoms. The van der Waals surface area contributed by atoms with Crippen molar-refractivity contribution in [2.75, 3.05) is 13.7 Å². The van der Waals surface area contributed by atoms with Crippen LogP contribution >= 0.6 is 0 Å². The first kappa shape index (κ1) is 13.6. The average Bonchev–Trinajstić information content (AvgIpc) is 2.45. The maximum Gasteiger partial charge on any atom is 0.119 e. The van der Waals surface area contributed by atoms with Crippen molar-refractivity contribution in [2.24, 2.45) is 0 Å². The molecular formula is C17H21NO. The van der Waals surface area contributed by atoms with E-state index in [0.717, 1.165) is 25.3 Å². The Kier molecular flexibility index (Phi) is 4.99. The number of nitrogens with one attached hydrogen (secondary N) is 1. The Bertz CT molecular complexity index is 522. The number of ether oxygens (including phenoxy) is 1. The summed E-state index contributed by atoms with van der Waals surface area (Å²) >= 11 is 0. The molecule has 0 aliphatic heterocycles. The van der Waals surface area contributed by atoms with Crippen molar-refractivity contribution >= 4 is 0 Å². The van der Waals surface area contributed by atoms with E-state index in [-0.39, 0.29) is 0 Å². The van der Waals surface area contributed by atoms with E-state index in [0.29, 0.717) is 0 Å². The molecule has 0 saturated heterocycles. The number of benzene rings is 2. The molecule has 0 heterocycles. The standard InChI is InChI=1S/C17H21NO/c1-14-6-3-4-8-16(14)13-18-11-10-15-7-5-9-17(12-15)19-2/h3-9,12,18H,10-11,13H2,1-2H3. The molecule has 0 bridgehead atoms. The number of hydrogen-bond acceptors (Lipinski definition) is 2. The highest BCUT2D eigenvalue weighted by Gasteiger charge is 1.98. The summed E-state index contributed by atoms with van der Waals surface area (Å²) in [5.41, 5.74) is 4.01. The Labute approximate surface area is 115 Å². The SMILES string of the molecule is COc1cccc(CCNCc2ccccc2C)c1. The van der Waals surface area contributed by atoms with Gasteiger partial charge in [-0.05, 0) is 48.7 Å². The second-order valence-corrected chi connectivity index (χ2v) is 4.70. The van der Waals surface area contributed by atoms with Crippen LogP contribution in [0.15, 0.2) is 48.5 Å². The third-order valence-corrected chi connectivity index (χ3v) is 3.30. The first-order valence-corrected chi connectivity index (χ1v) is 6.68. The van der Waals surface area contributed by atoms with Gasteiger partial charge in [0.05, 0.1) is 7.11 Å². The number of rotatable bonds is 6. The van der Waals surface area contributed by atoms with Gasteiger partial charge in [-0.1, -0.05) is 36.4 Å². The van der Waals surface area contributed by atoms with Crippen molar-refractivity contribution in [2.45, 2.75) is 19.9 Å². The van der Waals surface area contributed by atoms with Gasteiger partial charge in [0.2, 0.25) is 0 Å². The molecular weight excluding hydrogens is 234 g/mol. The summed E-state index contributed by atoms with van der Waals surface area (Å²) in [6, 6.07) is 16.7. The summed E-state index contributed by atoms with van der Waals surface area (Å²) in [7, 11) is 1.70. The molecule has 0 radical (unpaired) electrons. The number of aryl methyl sites for hydroxylation is 1. The summed E-state index contributed by atoms with van der Waals surface area (Å²) in [4.78, 5) is 0. The van der Waals surface area contributed by atoms with Gasteiger partial charge in [0.15, 0.2) is 0 Å². The zero-order valence-corrected chi connectivity index (χ0v) is 11.6. The molecule has 19 heavy (non-hydrogen) atoms. The fraction of sp³-hybridized carbons (Fsp3) is 0.294. The maximum atomic E-state index is 5.23. The first-order valence-electron chi connectivity index (χ1n) is 6.68. The van der Waals surface area contributed by atoms with E-state index in [1.165, 1.54) is 16.7 Å².